The van der Waals surface area contributed by atoms with Gasteiger partial charge >= 0.3 is 5.97 Å². The minimum Gasteiger partial charge on any atom is -0.465 e. The second-order valence-corrected chi connectivity index (χ2v) is 7.04. The number of hydrogen-bond acceptors (Lipinski definition) is 4. The van der Waals surface area contributed by atoms with Crippen LogP contribution in [-0.4, -0.2) is 28.0 Å². The summed E-state index contributed by atoms with van der Waals surface area (Å²) in [4.78, 5) is 11.5. The highest BCUT2D eigenvalue weighted by Gasteiger charge is 2.15. The predicted molar refractivity (Wildman–Crippen MR) is 84.1 cm³/mol. The largest absolute Gasteiger partial charge is 0.465 e. The summed E-state index contributed by atoms with van der Waals surface area (Å²) in [5.74, 6) is -0.485. The summed E-state index contributed by atoms with van der Waals surface area (Å²) in [6.07, 6.45) is 7.53. The average molecular weight is 323 g/mol. The summed E-state index contributed by atoms with van der Waals surface area (Å²) in [5.41, 5.74) is 1.66. The number of allylic oxidation sites excluding steroid dienone is 1. The van der Waals surface area contributed by atoms with Crippen molar-refractivity contribution in [1.29, 1.82) is 0 Å². The maximum Gasteiger partial charge on any atom is 0.337 e. The van der Waals surface area contributed by atoms with Crippen molar-refractivity contribution in [2.45, 2.75) is 37.0 Å². The molecule has 22 heavy (non-hydrogen) atoms. The molecule has 0 spiro atoms. The van der Waals surface area contributed by atoms with E-state index < -0.39 is 16.0 Å². The Morgan fingerprint density at radius 3 is 2.55 bits per heavy atom. The molecule has 120 valence electrons. The molecule has 1 aromatic rings. The molecule has 0 aliphatic heterocycles. The first-order chi connectivity index (χ1) is 10.5. The number of benzene rings is 1. The van der Waals surface area contributed by atoms with Crippen molar-refractivity contribution in [3.05, 3.63) is 41.5 Å². The standard InChI is InChI=1S/C16H21NO4S/c1-21-16(18)14-7-9-15(10-8-14)22(19,20)17-12-11-13-5-3-2-4-6-13/h5,7-10,17H,2-4,6,11-12H2,1H3. The third-order valence-corrected chi connectivity index (χ3v) is 5.19. The van der Waals surface area contributed by atoms with Crippen molar-refractivity contribution in [3.63, 3.8) is 0 Å². The molecular weight excluding hydrogens is 302 g/mol. The molecule has 0 unspecified atom stereocenters. The molecule has 5 nitrogen and oxygen atoms in total. The number of nitrogens with one attached hydrogen (secondary N) is 1. The van der Waals surface area contributed by atoms with E-state index in [1.54, 1.807) is 0 Å². The minimum atomic E-state index is -3.54. The van der Waals surface area contributed by atoms with E-state index in [4.69, 9.17) is 0 Å². The number of methoxy groups -OCH3 is 1. The van der Waals surface area contributed by atoms with Crippen LogP contribution in [0.3, 0.4) is 0 Å². The van der Waals surface area contributed by atoms with Crippen molar-refractivity contribution in [1.82, 2.24) is 4.72 Å². The second-order valence-electron chi connectivity index (χ2n) is 5.27. The van der Waals surface area contributed by atoms with Gasteiger partial charge in [0.05, 0.1) is 17.6 Å². The molecule has 0 radical (unpaired) electrons. The van der Waals surface area contributed by atoms with E-state index in [1.807, 2.05) is 0 Å². The Balaban J connectivity index is 1.94. The van der Waals surface area contributed by atoms with Crippen molar-refractivity contribution in [3.8, 4) is 0 Å². The Labute approximate surface area is 131 Å². The maximum absolute atomic E-state index is 12.2. The van der Waals surface area contributed by atoms with Gasteiger partial charge in [-0.25, -0.2) is 17.9 Å². The number of carbonyl (C=O) groups excluding carboxylic acids is 1. The number of hydrogen-bond donors (Lipinski definition) is 1. The maximum atomic E-state index is 12.2. The number of esters is 1. The van der Waals surface area contributed by atoms with Gasteiger partial charge < -0.3 is 4.74 Å². The van der Waals surface area contributed by atoms with Gasteiger partial charge in [0.25, 0.3) is 0 Å². The Morgan fingerprint density at radius 1 is 1.23 bits per heavy atom. The molecule has 0 bridgehead atoms. The summed E-state index contributed by atoms with van der Waals surface area (Å²) in [6, 6.07) is 5.72. The molecule has 6 heteroatoms. The zero-order valence-corrected chi connectivity index (χ0v) is 13.5. The molecular formula is C16H21NO4S. The Bertz CT molecular complexity index is 647. The second kappa shape index (κ2) is 7.56. The quantitative estimate of drug-likeness (QED) is 0.645. The summed E-state index contributed by atoms with van der Waals surface area (Å²) in [7, 11) is -2.25. The number of carbonyl (C=O) groups is 1. The van der Waals surface area contributed by atoms with Crippen LogP contribution in [0.2, 0.25) is 0 Å². The number of rotatable bonds is 6. The molecule has 0 atom stereocenters. The zero-order chi connectivity index (χ0) is 16.0. The van der Waals surface area contributed by atoms with Gasteiger partial charge in [0.1, 0.15) is 0 Å². The number of sulfonamides is 1. The molecule has 0 saturated carbocycles. The van der Waals surface area contributed by atoms with E-state index >= 15 is 0 Å². The van der Waals surface area contributed by atoms with Gasteiger partial charge in [-0.15, -0.1) is 0 Å². The van der Waals surface area contributed by atoms with Crippen molar-refractivity contribution in [2.75, 3.05) is 13.7 Å². The Hall–Kier alpha value is -1.66. The van der Waals surface area contributed by atoms with Crippen molar-refractivity contribution >= 4 is 16.0 Å². The Kier molecular flexibility index (Phi) is 5.74. The molecule has 1 aliphatic carbocycles. The summed E-state index contributed by atoms with van der Waals surface area (Å²) in [5, 5.41) is 0. The van der Waals surface area contributed by atoms with Gasteiger partial charge in [0, 0.05) is 6.54 Å². The van der Waals surface area contributed by atoms with Gasteiger partial charge in [-0.05, 0) is 56.4 Å². The molecule has 1 aromatic carbocycles. The fourth-order valence-electron chi connectivity index (χ4n) is 2.45. The molecule has 0 saturated heterocycles. The highest BCUT2D eigenvalue weighted by molar-refractivity contribution is 7.89. The van der Waals surface area contributed by atoms with Crippen LogP contribution in [0.5, 0.6) is 0 Å². The molecule has 1 aliphatic rings. The van der Waals surface area contributed by atoms with Gasteiger partial charge in [0.2, 0.25) is 10.0 Å². The first kappa shape index (κ1) is 16.7. The lowest BCUT2D eigenvalue weighted by Crippen LogP contribution is -2.25. The van der Waals surface area contributed by atoms with Crippen LogP contribution in [0.1, 0.15) is 42.5 Å². The zero-order valence-electron chi connectivity index (χ0n) is 12.7. The summed E-state index contributed by atoms with van der Waals surface area (Å²) < 4.78 is 31.5. The van der Waals surface area contributed by atoms with Gasteiger partial charge in [-0.1, -0.05) is 11.6 Å². The monoisotopic (exact) mass is 323 g/mol. The fraction of sp³-hybridized carbons (Fsp3) is 0.438. The smallest absolute Gasteiger partial charge is 0.337 e. The van der Waals surface area contributed by atoms with E-state index in [0.717, 1.165) is 19.3 Å². The first-order valence-electron chi connectivity index (χ1n) is 7.39. The normalized spacial score (nSPS) is 15.2. The molecule has 2 rings (SSSR count). The Morgan fingerprint density at radius 2 is 1.95 bits per heavy atom. The van der Waals surface area contributed by atoms with Gasteiger partial charge in [-0.2, -0.15) is 0 Å². The fourth-order valence-corrected chi connectivity index (χ4v) is 3.48. The van der Waals surface area contributed by atoms with Crippen LogP contribution in [0.25, 0.3) is 0 Å². The molecule has 1 N–H and O–H groups in total. The number of ether oxygens (including phenoxy) is 1. The van der Waals surface area contributed by atoms with Crippen LogP contribution in [0.4, 0.5) is 0 Å². The highest BCUT2D eigenvalue weighted by Crippen LogP contribution is 2.19. The molecule has 0 heterocycles. The molecule has 0 aromatic heterocycles. The first-order valence-corrected chi connectivity index (χ1v) is 8.87. The van der Waals surface area contributed by atoms with E-state index in [1.165, 1.54) is 49.8 Å². The lowest BCUT2D eigenvalue weighted by Gasteiger charge is -2.13. The average Bonchev–Trinajstić information content (AvgIpc) is 2.55. The van der Waals surface area contributed by atoms with Gasteiger partial charge in [0.15, 0.2) is 0 Å². The lowest BCUT2D eigenvalue weighted by atomic mass is 9.97. The summed E-state index contributed by atoms with van der Waals surface area (Å²) >= 11 is 0. The van der Waals surface area contributed by atoms with Crippen LogP contribution < -0.4 is 4.72 Å². The third kappa shape index (κ3) is 4.42. The van der Waals surface area contributed by atoms with Crippen molar-refractivity contribution in [2.24, 2.45) is 0 Å². The van der Waals surface area contributed by atoms with Crippen LogP contribution in [0.15, 0.2) is 40.8 Å². The summed E-state index contributed by atoms with van der Waals surface area (Å²) in [6.45, 7) is 0.396. The SMILES string of the molecule is COC(=O)c1ccc(S(=O)(=O)NCCC2=CCCCC2)cc1. The predicted octanol–water partition coefficient (Wildman–Crippen LogP) is 2.64. The van der Waals surface area contributed by atoms with Crippen LogP contribution >= 0.6 is 0 Å². The third-order valence-electron chi connectivity index (χ3n) is 3.71. The van der Waals surface area contributed by atoms with E-state index in [2.05, 4.69) is 15.5 Å². The van der Waals surface area contributed by atoms with E-state index in [0.29, 0.717) is 12.1 Å². The minimum absolute atomic E-state index is 0.151. The molecule has 0 amide bonds. The topological polar surface area (TPSA) is 72.5 Å². The van der Waals surface area contributed by atoms with E-state index in [-0.39, 0.29) is 4.90 Å². The van der Waals surface area contributed by atoms with Gasteiger partial charge in [-0.3, -0.25) is 0 Å². The lowest BCUT2D eigenvalue weighted by molar-refractivity contribution is 0.0600. The van der Waals surface area contributed by atoms with Crippen LogP contribution in [-0.2, 0) is 14.8 Å². The van der Waals surface area contributed by atoms with Crippen LogP contribution in [0, 0.1) is 0 Å². The molecule has 0 fully saturated rings. The van der Waals surface area contributed by atoms with E-state index in [9.17, 15) is 13.2 Å². The van der Waals surface area contributed by atoms with Crippen molar-refractivity contribution < 1.29 is 17.9 Å². The highest BCUT2D eigenvalue weighted by atomic mass is 32.2.